The highest BCUT2D eigenvalue weighted by Crippen LogP contribution is 2.21. The Kier molecular flexibility index (Phi) is 3.53. The highest BCUT2D eigenvalue weighted by molar-refractivity contribution is 6.07. The van der Waals surface area contributed by atoms with Gasteiger partial charge in [-0.15, -0.1) is 0 Å². The van der Waals surface area contributed by atoms with E-state index < -0.39 is 10.8 Å². The number of hydrogen-bond donors (Lipinski definition) is 1. The number of carbonyl (C=O) groups excluding carboxylic acids is 1. The van der Waals surface area contributed by atoms with Crippen LogP contribution in [0.4, 0.5) is 11.4 Å². The van der Waals surface area contributed by atoms with E-state index in [1.54, 1.807) is 36.4 Å². The van der Waals surface area contributed by atoms with E-state index in [1.165, 1.54) is 18.2 Å². The average molecular weight is 257 g/mol. The fraction of sp³-hybridized carbons (Fsp3) is 0. The molecule has 1 amide bonds. The zero-order valence-electron chi connectivity index (χ0n) is 9.89. The Morgan fingerprint density at radius 2 is 1.63 bits per heavy atom. The predicted molar refractivity (Wildman–Crippen MR) is 70.5 cm³/mol. The third-order valence-corrected chi connectivity index (χ3v) is 2.58. The van der Waals surface area contributed by atoms with Crippen LogP contribution in [0.3, 0.4) is 0 Å². The molecule has 19 heavy (non-hydrogen) atoms. The molecule has 0 unspecified atom stereocenters. The topological polar surface area (TPSA) is 89.5 Å². The zero-order chi connectivity index (χ0) is 13.8. The van der Waals surface area contributed by atoms with Crippen molar-refractivity contribution >= 4 is 17.3 Å². The summed E-state index contributed by atoms with van der Waals surface area (Å²) in [6.45, 7) is 0. The van der Waals surface area contributed by atoms with Crippen LogP contribution in [0.5, 0.6) is 0 Å². The number of hydrogen-bond acceptors (Lipinski definition) is 4. The number of nitrogens with zero attached hydrogens (tertiary/aromatic N) is 2. The summed E-state index contributed by atoms with van der Waals surface area (Å²) in [5.41, 5.74) is 0.156. The van der Waals surface area contributed by atoms with E-state index in [1.807, 2.05) is 0 Å². The van der Waals surface area contributed by atoms with E-state index in [4.69, 9.17) is 5.84 Å². The highest BCUT2D eigenvalue weighted by Gasteiger charge is 2.23. The number of nitro benzene ring substituents is 1. The SMILES string of the molecule is NN(C(=O)c1ccccc1[N+](=O)[O-])c1ccccc1. The number of hydrazine groups is 1. The summed E-state index contributed by atoms with van der Waals surface area (Å²) in [4.78, 5) is 22.4. The second kappa shape index (κ2) is 5.28. The largest absolute Gasteiger partial charge is 0.282 e. The van der Waals surface area contributed by atoms with E-state index in [2.05, 4.69) is 0 Å². The van der Waals surface area contributed by atoms with Gasteiger partial charge in [-0.2, -0.15) is 0 Å². The fourth-order valence-corrected chi connectivity index (χ4v) is 1.65. The molecular formula is C13H11N3O3. The quantitative estimate of drug-likeness (QED) is 0.394. The smallest absolute Gasteiger partial charge is 0.267 e. The first kappa shape index (κ1) is 12.7. The number of para-hydroxylation sites is 2. The van der Waals surface area contributed by atoms with Crippen molar-refractivity contribution in [2.24, 2.45) is 5.84 Å². The molecule has 6 heteroatoms. The maximum atomic E-state index is 12.2. The fourth-order valence-electron chi connectivity index (χ4n) is 1.65. The van der Waals surface area contributed by atoms with E-state index in [0.29, 0.717) is 5.69 Å². The molecule has 2 N–H and O–H groups in total. The van der Waals surface area contributed by atoms with Crippen molar-refractivity contribution < 1.29 is 9.72 Å². The minimum absolute atomic E-state index is 0.0427. The minimum atomic E-state index is -0.626. The molecule has 2 rings (SSSR count). The van der Waals surface area contributed by atoms with Gasteiger partial charge < -0.3 is 0 Å². The van der Waals surface area contributed by atoms with Crippen LogP contribution >= 0.6 is 0 Å². The van der Waals surface area contributed by atoms with Crippen LogP contribution in [-0.2, 0) is 0 Å². The van der Waals surface area contributed by atoms with Gasteiger partial charge in [-0.25, -0.2) is 10.9 Å². The molecule has 0 aliphatic heterocycles. The number of nitrogens with two attached hydrogens (primary N) is 1. The second-order valence-corrected chi connectivity index (χ2v) is 3.78. The van der Waals surface area contributed by atoms with Crippen LogP contribution in [0.15, 0.2) is 54.6 Å². The third kappa shape index (κ3) is 2.58. The molecule has 96 valence electrons. The minimum Gasteiger partial charge on any atom is -0.267 e. The molecular weight excluding hydrogens is 246 g/mol. The predicted octanol–water partition coefficient (Wildman–Crippen LogP) is 2.12. The van der Waals surface area contributed by atoms with Crippen molar-refractivity contribution in [3.63, 3.8) is 0 Å². The Morgan fingerprint density at radius 3 is 2.26 bits per heavy atom. The molecule has 0 bridgehead atoms. The Morgan fingerprint density at radius 1 is 1.05 bits per heavy atom. The summed E-state index contributed by atoms with van der Waals surface area (Å²) < 4.78 is 0. The highest BCUT2D eigenvalue weighted by atomic mass is 16.6. The van der Waals surface area contributed by atoms with Gasteiger partial charge in [0.25, 0.3) is 11.6 Å². The molecule has 0 radical (unpaired) electrons. The summed E-state index contributed by atoms with van der Waals surface area (Å²) >= 11 is 0. The lowest BCUT2D eigenvalue weighted by atomic mass is 10.1. The van der Waals surface area contributed by atoms with Crippen molar-refractivity contribution in [3.05, 3.63) is 70.3 Å². The van der Waals surface area contributed by atoms with Gasteiger partial charge in [0.05, 0.1) is 10.6 Å². The molecule has 6 nitrogen and oxygen atoms in total. The monoisotopic (exact) mass is 257 g/mol. The van der Waals surface area contributed by atoms with E-state index >= 15 is 0 Å². The van der Waals surface area contributed by atoms with Crippen LogP contribution in [-0.4, -0.2) is 10.8 Å². The van der Waals surface area contributed by atoms with Crippen molar-refractivity contribution in [1.29, 1.82) is 0 Å². The second-order valence-electron chi connectivity index (χ2n) is 3.78. The molecule has 0 heterocycles. The van der Waals surface area contributed by atoms with Gasteiger partial charge in [0.1, 0.15) is 5.56 Å². The number of benzene rings is 2. The molecule has 0 aromatic heterocycles. The van der Waals surface area contributed by atoms with Crippen LogP contribution in [0, 0.1) is 10.1 Å². The molecule has 0 spiro atoms. The number of anilines is 1. The molecule has 2 aromatic rings. The number of carbonyl (C=O) groups is 1. The van der Waals surface area contributed by atoms with Crippen molar-refractivity contribution in [2.75, 3.05) is 5.01 Å². The van der Waals surface area contributed by atoms with Crippen molar-refractivity contribution in [1.82, 2.24) is 0 Å². The standard InChI is InChI=1S/C13H11N3O3/c14-15(10-6-2-1-3-7-10)13(17)11-8-4-5-9-12(11)16(18)19/h1-9H,14H2. The van der Waals surface area contributed by atoms with Crippen LogP contribution in [0.1, 0.15) is 10.4 Å². The van der Waals surface area contributed by atoms with Gasteiger partial charge in [-0.05, 0) is 18.2 Å². The summed E-state index contributed by atoms with van der Waals surface area (Å²) in [7, 11) is 0. The Labute approximate surface area is 109 Å². The van der Waals surface area contributed by atoms with Gasteiger partial charge in [0.15, 0.2) is 0 Å². The van der Waals surface area contributed by atoms with Gasteiger partial charge in [0, 0.05) is 6.07 Å². The molecule has 2 aromatic carbocycles. The van der Waals surface area contributed by atoms with Crippen LogP contribution in [0.25, 0.3) is 0 Å². The van der Waals surface area contributed by atoms with Gasteiger partial charge in [-0.3, -0.25) is 14.9 Å². The lowest BCUT2D eigenvalue weighted by molar-refractivity contribution is -0.385. The first-order valence-electron chi connectivity index (χ1n) is 5.49. The van der Waals surface area contributed by atoms with Gasteiger partial charge in [0.2, 0.25) is 0 Å². The lowest BCUT2D eigenvalue weighted by Gasteiger charge is -2.16. The van der Waals surface area contributed by atoms with Crippen molar-refractivity contribution in [3.8, 4) is 0 Å². The lowest BCUT2D eigenvalue weighted by Crippen LogP contribution is -2.37. The Bertz CT molecular complexity index is 614. The zero-order valence-corrected chi connectivity index (χ0v) is 9.89. The summed E-state index contributed by atoms with van der Waals surface area (Å²) in [6, 6.07) is 14.2. The molecule has 0 atom stereocenters. The maximum absolute atomic E-state index is 12.2. The Hall–Kier alpha value is -2.73. The van der Waals surface area contributed by atoms with E-state index in [0.717, 1.165) is 5.01 Å². The molecule has 0 saturated heterocycles. The van der Waals surface area contributed by atoms with Crippen LogP contribution in [0.2, 0.25) is 0 Å². The first-order chi connectivity index (χ1) is 9.11. The number of nitro groups is 1. The first-order valence-corrected chi connectivity index (χ1v) is 5.49. The maximum Gasteiger partial charge on any atom is 0.282 e. The van der Waals surface area contributed by atoms with Gasteiger partial charge >= 0.3 is 0 Å². The number of rotatable bonds is 3. The average Bonchev–Trinajstić information content (AvgIpc) is 2.46. The van der Waals surface area contributed by atoms with Crippen LogP contribution < -0.4 is 10.9 Å². The van der Waals surface area contributed by atoms with Gasteiger partial charge in [-0.1, -0.05) is 30.3 Å². The Balaban J connectivity index is 2.38. The molecule has 0 fully saturated rings. The van der Waals surface area contributed by atoms with E-state index in [9.17, 15) is 14.9 Å². The van der Waals surface area contributed by atoms with E-state index in [-0.39, 0.29) is 11.3 Å². The summed E-state index contributed by atoms with van der Waals surface area (Å²) in [5.74, 6) is 5.07. The molecule has 0 aliphatic carbocycles. The normalized spacial score (nSPS) is 9.95. The van der Waals surface area contributed by atoms with Crippen molar-refractivity contribution in [2.45, 2.75) is 0 Å². The summed E-state index contributed by atoms with van der Waals surface area (Å²) in [5, 5.41) is 11.8. The third-order valence-electron chi connectivity index (χ3n) is 2.58. The number of amides is 1. The molecule has 0 aliphatic rings. The summed E-state index contributed by atoms with van der Waals surface area (Å²) in [6.07, 6.45) is 0. The molecule has 0 saturated carbocycles.